The van der Waals surface area contributed by atoms with Crippen LogP contribution in [0.25, 0.3) is 0 Å². The minimum absolute atomic E-state index is 0.0387. The normalized spacial score (nSPS) is 22.9. The number of hydrogen-bond donors (Lipinski definition) is 0. The predicted molar refractivity (Wildman–Crippen MR) is 103 cm³/mol. The fourth-order valence-corrected chi connectivity index (χ4v) is 4.48. The summed E-state index contributed by atoms with van der Waals surface area (Å²) in [4.78, 5) is 9.34. The summed E-state index contributed by atoms with van der Waals surface area (Å²) in [5.41, 5.74) is 1.08. The number of ether oxygens (including phenoxy) is 1. The van der Waals surface area contributed by atoms with Gasteiger partial charge in [0.1, 0.15) is 6.61 Å². The lowest BCUT2D eigenvalue weighted by molar-refractivity contribution is 0.179. The number of rotatable bonds is 4. The summed E-state index contributed by atoms with van der Waals surface area (Å²) in [6.45, 7) is 11.1. The van der Waals surface area contributed by atoms with E-state index >= 15 is 0 Å². The lowest BCUT2D eigenvalue weighted by atomic mass is 9.92. The molecule has 4 rings (SSSR count). The number of anilines is 2. The van der Waals surface area contributed by atoms with E-state index in [1.807, 2.05) is 0 Å². The summed E-state index contributed by atoms with van der Waals surface area (Å²) in [5, 5.41) is 9.94. The highest BCUT2D eigenvalue weighted by Crippen LogP contribution is 2.36. The molecule has 0 aromatic carbocycles. The zero-order valence-corrected chi connectivity index (χ0v) is 16.7. The number of nitrogens with zero attached hydrogens (tertiary/aromatic N) is 6. The molecule has 7 nitrogen and oxygen atoms in total. The van der Waals surface area contributed by atoms with Crippen molar-refractivity contribution < 1.29 is 4.74 Å². The van der Waals surface area contributed by atoms with Crippen molar-refractivity contribution in [3.05, 3.63) is 23.7 Å². The van der Waals surface area contributed by atoms with Crippen molar-refractivity contribution in [2.75, 3.05) is 43.1 Å². The average Bonchev–Trinajstić information content (AvgIpc) is 3.28. The number of hydrogen-bond acceptors (Lipinski definition) is 8. The summed E-state index contributed by atoms with van der Waals surface area (Å²) in [6, 6.07) is 4.23. The molecule has 0 amide bonds. The molecular weight excluding hydrogens is 348 g/mol. The maximum Gasteiger partial charge on any atom is 0.205 e. The maximum atomic E-state index is 5.11. The molecule has 0 saturated carbocycles. The zero-order chi connectivity index (χ0) is 18.3. The first-order valence-electron chi connectivity index (χ1n) is 9.09. The van der Waals surface area contributed by atoms with Crippen molar-refractivity contribution in [2.45, 2.75) is 32.8 Å². The van der Waals surface area contributed by atoms with Crippen molar-refractivity contribution in [3.8, 4) is 0 Å². The molecule has 2 atom stereocenters. The monoisotopic (exact) mass is 374 g/mol. The van der Waals surface area contributed by atoms with Gasteiger partial charge in [-0.15, -0.1) is 5.10 Å². The fourth-order valence-electron chi connectivity index (χ4n) is 3.79. The Morgan fingerprint density at radius 2 is 1.77 bits per heavy atom. The smallest absolute Gasteiger partial charge is 0.205 e. The molecule has 26 heavy (non-hydrogen) atoms. The third kappa shape index (κ3) is 3.40. The van der Waals surface area contributed by atoms with Gasteiger partial charge >= 0.3 is 0 Å². The predicted octanol–water partition coefficient (Wildman–Crippen LogP) is 2.34. The second kappa shape index (κ2) is 6.74. The Hall–Kier alpha value is -1.80. The van der Waals surface area contributed by atoms with Gasteiger partial charge in [0.05, 0.1) is 5.69 Å². The Kier molecular flexibility index (Phi) is 4.56. The van der Waals surface area contributed by atoms with E-state index in [0.717, 1.165) is 48.6 Å². The van der Waals surface area contributed by atoms with Gasteiger partial charge in [-0.2, -0.15) is 9.47 Å². The quantitative estimate of drug-likeness (QED) is 0.814. The summed E-state index contributed by atoms with van der Waals surface area (Å²) < 4.78 is 9.48. The SMILES string of the molecule is COCc1nsc(N2CC3CN(c4ccc(C(C)(C)C)nn4)CC3C2)n1. The molecule has 2 unspecified atom stereocenters. The Morgan fingerprint density at radius 1 is 1.08 bits per heavy atom. The van der Waals surface area contributed by atoms with E-state index in [1.54, 1.807) is 7.11 Å². The molecule has 2 aromatic heterocycles. The van der Waals surface area contributed by atoms with E-state index in [0.29, 0.717) is 18.4 Å². The molecule has 0 spiro atoms. The molecule has 0 bridgehead atoms. The average molecular weight is 375 g/mol. The number of aromatic nitrogens is 4. The largest absolute Gasteiger partial charge is 0.377 e. The minimum Gasteiger partial charge on any atom is -0.377 e. The van der Waals surface area contributed by atoms with Gasteiger partial charge in [0.2, 0.25) is 5.13 Å². The lowest BCUT2D eigenvalue weighted by Crippen LogP contribution is -2.29. The van der Waals surface area contributed by atoms with Crippen LogP contribution < -0.4 is 9.80 Å². The van der Waals surface area contributed by atoms with Crippen LogP contribution in [0.5, 0.6) is 0 Å². The van der Waals surface area contributed by atoms with Gasteiger partial charge in [-0.05, 0) is 12.1 Å². The molecular formula is C18H26N6OS. The molecule has 2 saturated heterocycles. The topological polar surface area (TPSA) is 67.3 Å². The summed E-state index contributed by atoms with van der Waals surface area (Å²) in [7, 11) is 1.67. The van der Waals surface area contributed by atoms with E-state index in [4.69, 9.17) is 4.74 Å². The first-order valence-corrected chi connectivity index (χ1v) is 9.87. The highest BCUT2D eigenvalue weighted by atomic mass is 32.1. The van der Waals surface area contributed by atoms with Crippen LogP contribution in [0.4, 0.5) is 10.9 Å². The van der Waals surface area contributed by atoms with Crippen LogP contribution in [0.2, 0.25) is 0 Å². The van der Waals surface area contributed by atoms with Gasteiger partial charge in [0.25, 0.3) is 0 Å². The molecule has 0 aliphatic carbocycles. The molecule has 140 valence electrons. The van der Waals surface area contributed by atoms with Crippen LogP contribution in [-0.2, 0) is 16.8 Å². The summed E-state index contributed by atoms with van der Waals surface area (Å²) >= 11 is 1.48. The third-order valence-electron chi connectivity index (χ3n) is 5.23. The van der Waals surface area contributed by atoms with Crippen molar-refractivity contribution in [3.63, 3.8) is 0 Å². The van der Waals surface area contributed by atoms with Crippen molar-refractivity contribution in [1.29, 1.82) is 0 Å². The van der Waals surface area contributed by atoms with Gasteiger partial charge in [0, 0.05) is 62.1 Å². The van der Waals surface area contributed by atoms with Crippen LogP contribution in [0.1, 0.15) is 32.3 Å². The maximum absolute atomic E-state index is 5.11. The Labute approximate surface area is 158 Å². The Bertz CT molecular complexity index is 742. The van der Waals surface area contributed by atoms with E-state index < -0.39 is 0 Å². The summed E-state index contributed by atoms with van der Waals surface area (Å²) in [5.74, 6) is 3.07. The third-order valence-corrected chi connectivity index (χ3v) is 6.05. The van der Waals surface area contributed by atoms with Crippen molar-refractivity contribution in [1.82, 2.24) is 19.6 Å². The minimum atomic E-state index is 0.0387. The first kappa shape index (κ1) is 17.6. The Morgan fingerprint density at radius 3 is 2.35 bits per heavy atom. The van der Waals surface area contributed by atoms with Crippen LogP contribution >= 0.6 is 11.5 Å². The van der Waals surface area contributed by atoms with Gasteiger partial charge in [-0.3, -0.25) is 0 Å². The number of fused-ring (bicyclic) bond motifs is 1. The van der Waals surface area contributed by atoms with Crippen molar-refractivity contribution in [2.24, 2.45) is 11.8 Å². The zero-order valence-electron chi connectivity index (χ0n) is 15.8. The fraction of sp³-hybridized carbons (Fsp3) is 0.667. The van der Waals surface area contributed by atoms with Gasteiger partial charge < -0.3 is 14.5 Å². The van der Waals surface area contributed by atoms with Crippen LogP contribution in [0, 0.1) is 11.8 Å². The van der Waals surface area contributed by atoms with E-state index in [1.165, 1.54) is 11.5 Å². The molecule has 2 aromatic rings. The van der Waals surface area contributed by atoms with Crippen LogP contribution in [0.15, 0.2) is 12.1 Å². The van der Waals surface area contributed by atoms with Gasteiger partial charge in [-0.1, -0.05) is 20.8 Å². The lowest BCUT2D eigenvalue weighted by Gasteiger charge is -2.22. The Balaban J connectivity index is 1.38. The highest BCUT2D eigenvalue weighted by Gasteiger charge is 2.41. The van der Waals surface area contributed by atoms with E-state index in [2.05, 4.69) is 62.3 Å². The second-order valence-corrected chi connectivity index (χ2v) is 9.01. The van der Waals surface area contributed by atoms with Gasteiger partial charge in [-0.25, -0.2) is 4.98 Å². The van der Waals surface area contributed by atoms with Crippen LogP contribution in [0.3, 0.4) is 0 Å². The van der Waals surface area contributed by atoms with Crippen LogP contribution in [-0.4, -0.2) is 52.8 Å². The molecule has 4 heterocycles. The molecule has 8 heteroatoms. The first-order chi connectivity index (χ1) is 12.4. The van der Waals surface area contributed by atoms with Gasteiger partial charge in [0.15, 0.2) is 11.6 Å². The molecule has 2 aliphatic rings. The van der Waals surface area contributed by atoms with E-state index in [9.17, 15) is 0 Å². The molecule has 2 fully saturated rings. The molecule has 0 N–H and O–H groups in total. The van der Waals surface area contributed by atoms with E-state index in [-0.39, 0.29) is 5.41 Å². The molecule has 0 radical (unpaired) electrons. The summed E-state index contributed by atoms with van der Waals surface area (Å²) in [6.07, 6.45) is 0. The molecule has 2 aliphatic heterocycles. The number of methoxy groups -OCH3 is 1. The highest BCUT2D eigenvalue weighted by molar-refractivity contribution is 7.09. The standard InChI is InChI=1S/C18H26N6OS/c1-18(2,3)14-5-6-16(21-20-14)23-7-12-9-24(10-13(12)8-23)17-19-15(11-25-4)22-26-17/h5-6,12-13H,7-11H2,1-4H3. The van der Waals surface area contributed by atoms with Crippen molar-refractivity contribution >= 4 is 22.5 Å². The second-order valence-electron chi connectivity index (χ2n) is 8.28.